The minimum atomic E-state index is 0.260. The second-order valence-electron chi connectivity index (χ2n) is 10.9. The normalized spacial score (nSPS) is 15.5. The summed E-state index contributed by atoms with van der Waals surface area (Å²) in [6.07, 6.45) is 13.0. The van der Waals surface area contributed by atoms with Crippen LogP contribution in [0, 0.1) is 6.92 Å². The fraction of sp³-hybridized carbons (Fsp3) is 0.448. The summed E-state index contributed by atoms with van der Waals surface area (Å²) in [6, 6.07) is 4.57. The molecule has 0 amide bonds. The highest BCUT2D eigenvalue weighted by Crippen LogP contribution is 2.37. The molecule has 2 aliphatic rings. The van der Waals surface area contributed by atoms with Crippen molar-refractivity contribution in [2.24, 2.45) is 0 Å². The Morgan fingerprint density at radius 3 is 2.14 bits per heavy atom. The fourth-order valence-corrected chi connectivity index (χ4v) is 5.99. The van der Waals surface area contributed by atoms with E-state index >= 15 is 0 Å². The van der Waals surface area contributed by atoms with Crippen LogP contribution in [0.4, 0.5) is 17.7 Å². The lowest BCUT2D eigenvalue weighted by Crippen LogP contribution is -2.17. The summed E-state index contributed by atoms with van der Waals surface area (Å²) in [5.41, 5.74) is 15.8. The van der Waals surface area contributed by atoms with Gasteiger partial charge in [0.1, 0.15) is 11.5 Å². The summed E-state index contributed by atoms with van der Waals surface area (Å²) >= 11 is 0. The molecule has 2 aliphatic carbocycles. The van der Waals surface area contributed by atoms with Gasteiger partial charge in [-0.2, -0.15) is 15.1 Å². The smallest absolute Gasteiger partial charge is 0.233 e. The topological polar surface area (TPSA) is 191 Å². The Balaban J connectivity index is 0.000000153. The Kier molecular flexibility index (Phi) is 7.99. The third kappa shape index (κ3) is 5.76. The van der Waals surface area contributed by atoms with Gasteiger partial charge in [0.2, 0.25) is 23.7 Å². The number of aromatic nitrogens is 9. The highest BCUT2D eigenvalue weighted by Gasteiger charge is 2.24. The maximum atomic E-state index is 5.77. The van der Waals surface area contributed by atoms with Crippen molar-refractivity contribution in [2.45, 2.75) is 70.4 Å². The number of hydrogen-bond donors (Lipinski definition) is 3. The maximum absolute atomic E-state index is 5.77. The molecule has 0 aliphatic heterocycles. The summed E-state index contributed by atoms with van der Waals surface area (Å²) in [5, 5.41) is 22.0. The zero-order chi connectivity index (χ0) is 29.9. The van der Waals surface area contributed by atoms with Gasteiger partial charge in [-0.15, -0.1) is 15.3 Å². The van der Waals surface area contributed by atoms with Crippen molar-refractivity contribution in [1.29, 1.82) is 0 Å². The summed E-state index contributed by atoms with van der Waals surface area (Å²) in [4.78, 5) is 17.1. The molecule has 5 N–H and O–H groups in total. The van der Waals surface area contributed by atoms with Gasteiger partial charge in [-0.05, 0) is 32.6 Å². The molecule has 0 bridgehead atoms. The zero-order valence-electron chi connectivity index (χ0n) is 24.6. The molecular formula is C29H36N12O2. The SMILES string of the molecule is COc1cc(-c2cnc(N)nc2NC2CCCC2)c(C)nn1.COc1cc2c3cnc(N)nc3n(C3CCCC3)c2nn1. The van der Waals surface area contributed by atoms with Gasteiger partial charge in [0.15, 0.2) is 5.65 Å². The number of methoxy groups -OCH3 is 2. The van der Waals surface area contributed by atoms with Crippen LogP contribution in [0.5, 0.6) is 11.8 Å². The van der Waals surface area contributed by atoms with Gasteiger partial charge in [0.25, 0.3) is 0 Å². The molecule has 14 nitrogen and oxygen atoms in total. The van der Waals surface area contributed by atoms with Gasteiger partial charge in [0, 0.05) is 58.5 Å². The van der Waals surface area contributed by atoms with Crippen LogP contribution < -0.4 is 26.3 Å². The lowest BCUT2D eigenvalue weighted by atomic mass is 10.1. The number of nitrogen functional groups attached to an aromatic ring is 2. The largest absolute Gasteiger partial charge is 0.480 e. The van der Waals surface area contributed by atoms with E-state index in [1.165, 1.54) is 25.7 Å². The molecule has 0 aromatic carbocycles. The Labute approximate surface area is 248 Å². The molecule has 2 saturated carbocycles. The Morgan fingerprint density at radius 1 is 0.744 bits per heavy atom. The minimum absolute atomic E-state index is 0.260. The van der Waals surface area contributed by atoms with E-state index in [1.807, 2.05) is 19.1 Å². The van der Waals surface area contributed by atoms with Crippen molar-refractivity contribution in [3.05, 3.63) is 30.2 Å². The predicted molar refractivity (Wildman–Crippen MR) is 164 cm³/mol. The molecule has 5 heterocycles. The van der Waals surface area contributed by atoms with Crippen LogP contribution >= 0.6 is 0 Å². The number of nitrogens with two attached hydrogens (primary N) is 2. The second kappa shape index (κ2) is 12.2. The van der Waals surface area contributed by atoms with E-state index in [9.17, 15) is 0 Å². The molecule has 43 heavy (non-hydrogen) atoms. The van der Waals surface area contributed by atoms with Crippen LogP contribution in [-0.2, 0) is 0 Å². The third-order valence-corrected chi connectivity index (χ3v) is 8.14. The van der Waals surface area contributed by atoms with Gasteiger partial charge in [-0.25, -0.2) is 9.97 Å². The standard InChI is InChI=1S/C15H20N6O.C14H16N6O/c1-9-11(7-13(22-2)21-20-9)12-8-17-15(16)19-14(12)18-10-5-3-4-6-10;1-21-11-6-9-10-7-16-14(15)17-12(10)20(13(9)19-18-11)8-4-2-3-5-8/h7-8,10H,3-6H2,1-2H3,(H3,16,17,18,19);6-8H,2-5H2,1H3,(H2,15,16,17). The van der Waals surface area contributed by atoms with Gasteiger partial charge in [-0.3, -0.25) is 0 Å². The number of nitrogens with zero attached hydrogens (tertiary/aromatic N) is 9. The molecule has 224 valence electrons. The average molecular weight is 585 g/mol. The van der Waals surface area contributed by atoms with Crippen molar-refractivity contribution in [3.8, 4) is 22.9 Å². The van der Waals surface area contributed by atoms with Crippen LogP contribution in [-0.4, -0.2) is 65.2 Å². The number of aryl methyl sites for hydroxylation is 1. The quantitative estimate of drug-likeness (QED) is 0.257. The van der Waals surface area contributed by atoms with E-state index in [2.05, 4.69) is 50.2 Å². The third-order valence-electron chi connectivity index (χ3n) is 8.14. The second-order valence-corrected chi connectivity index (χ2v) is 10.9. The van der Waals surface area contributed by atoms with Crippen molar-refractivity contribution in [3.63, 3.8) is 0 Å². The predicted octanol–water partition coefficient (Wildman–Crippen LogP) is 4.27. The molecule has 0 spiro atoms. The minimum Gasteiger partial charge on any atom is -0.480 e. The summed E-state index contributed by atoms with van der Waals surface area (Å²) in [5.74, 6) is 2.24. The first-order chi connectivity index (χ1) is 20.9. The van der Waals surface area contributed by atoms with Crippen LogP contribution in [0.15, 0.2) is 24.5 Å². The first kappa shape index (κ1) is 28.2. The molecule has 2 fully saturated rings. The molecule has 0 unspecified atom stereocenters. The van der Waals surface area contributed by atoms with Gasteiger partial charge < -0.3 is 30.8 Å². The number of rotatable bonds is 6. The van der Waals surface area contributed by atoms with Crippen LogP contribution in [0.1, 0.15) is 63.1 Å². The van der Waals surface area contributed by atoms with Crippen LogP contribution in [0.25, 0.3) is 33.2 Å². The van der Waals surface area contributed by atoms with Crippen molar-refractivity contribution in [2.75, 3.05) is 31.0 Å². The lowest BCUT2D eigenvalue weighted by Gasteiger charge is -2.17. The van der Waals surface area contributed by atoms with Gasteiger partial charge >= 0.3 is 0 Å². The molecular weight excluding hydrogens is 548 g/mol. The molecule has 14 heteroatoms. The first-order valence-electron chi connectivity index (χ1n) is 14.6. The highest BCUT2D eigenvalue weighted by molar-refractivity contribution is 6.05. The lowest BCUT2D eigenvalue weighted by molar-refractivity contribution is 0.391. The van der Waals surface area contributed by atoms with E-state index in [4.69, 9.17) is 20.9 Å². The number of ether oxygens (including phenoxy) is 2. The van der Waals surface area contributed by atoms with E-state index in [0.717, 1.165) is 70.4 Å². The number of nitrogens with one attached hydrogen (secondary N) is 1. The van der Waals surface area contributed by atoms with Gasteiger partial charge in [-0.1, -0.05) is 25.7 Å². The molecule has 5 aromatic rings. The van der Waals surface area contributed by atoms with E-state index in [-0.39, 0.29) is 11.9 Å². The molecule has 0 atom stereocenters. The van der Waals surface area contributed by atoms with Crippen molar-refractivity contribution in [1.82, 2.24) is 44.9 Å². The maximum Gasteiger partial charge on any atom is 0.233 e. The molecule has 5 aromatic heterocycles. The number of fused-ring (bicyclic) bond motifs is 3. The van der Waals surface area contributed by atoms with Crippen molar-refractivity contribution < 1.29 is 9.47 Å². The monoisotopic (exact) mass is 584 g/mol. The van der Waals surface area contributed by atoms with E-state index < -0.39 is 0 Å². The Morgan fingerprint density at radius 2 is 1.40 bits per heavy atom. The number of anilines is 3. The van der Waals surface area contributed by atoms with Crippen LogP contribution in [0.2, 0.25) is 0 Å². The summed E-state index contributed by atoms with van der Waals surface area (Å²) < 4.78 is 12.5. The van der Waals surface area contributed by atoms with Crippen LogP contribution in [0.3, 0.4) is 0 Å². The fourth-order valence-electron chi connectivity index (χ4n) is 5.99. The van der Waals surface area contributed by atoms with Gasteiger partial charge in [0.05, 0.1) is 19.9 Å². The zero-order valence-corrected chi connectivity index (χ0v) is 24.6. The summed E-state index contributed by atoms with van der Waals surface area (Å²) in [7, 11) is 3.15. The van der Waals surface area contributed by atoms with Crippen molar-refractivity contribution >= 4 is 39.8 Å². The van der Waals surface area contributed by atoms with E-state index in [1.54, 1.807) is 26.6 Å². The molecule has 0 saturated heterocycles. The van der Waals surface area contributed by atoms with E-state index in [0.29, 0.717) is 23.8 Å². The Bertz CT molecular complexity index is 1750. The molecule has 0 radical (unpaired) electrons. The summed E-state index contributed by atoms with van der Waals surface area (Å²) in [6.45, 7) is 1.90. The Hall–Kier alpha value is -4.88. The molecule has 7 rings (SSSR count). The number of hydrogen-bond acceptors (Lipinski definition) is 13. The average Bonchev–Trinajstić information content (AvgIpc) is 3.79. The first-order valence-corrected chi connectivity index (χ1v) is 14.6. The highest BCUT2D eigenvalue weighted by atomic mass is 16.5.